The minimum Gasteiger partial charge on any atom is -0.368 e. The highest BCUT2D eigenvalue weighted by atomic mass is 32.2. The fourth-order valence-electron chi connectivity index (χ4n) is 7.31. The van der Waals surface area contributed by atoms with Crippen LogP contribution in [0.2, 0.25) is 0 Å². The van der Waals surface area contributed by atoms with E-state index >= 15 is 0 Å². The Morgan fingerprint density at radius 1 is 1.09 bits per heavy atom. The van der Waals surface area contributed by atoms with E-state index in [-0.39, 0.29) is 35.1 Å². The zero-order valence-corrected chi connectivity index (χ0v) is 25.4. The lowest BCUT2D eigenvalue weighted by atomic mass is 9.81. The number of hydrogen-bond donors (Lipinski definition) is 3. The van der Waals surface area contributed by atoms with Gasteiger partial charge in [-0.25, -0.2) is 23.2 Å². The summed E-state index contributed by atoms with van der Waals surface area (Å²) < 4.78 is 26.2. The van der Waals surface area contributed by atoms with Crippen molar-refractivity contribution in [2.45, 2.75) is 61.2 Å². The number of carbonyl (C=O) groups is 2. The van der Waals surface area contributed by atoms with Crippen LogP contribution in [-0.4, -0.2) is 85.9 Å². The van der Waals surface area contributed by atoms with Gasteiger partial charge in [-0.15, -0.1) is 0 Å². The minimum absolute atomic E-state index is 0.0371. The van der Waals surface area contributed by atoms with Crippen molar-refractivity contribution in [2.75, 3.05) is 39.0 Å². The summed E-state index contributed by atoms with van der Waals surface area (Å²) in [4.78, 5) is 28.9. The Morgan fingerprint density at radius 3 is 2.35 bits per heavy atom. The van der Waals surface area contributed by atoms with Crippen molar-refractivity contribution in [3.8, 4) is 6.07 Å². The maximum absolute atomic E-state index is 13.5. The number of rotatable bonds is 7. The summed E-state index contributed by atoms with van der Waals surface area (Å²) in [5, 5.41) is 18.5. The van der Waals surface area contributed by atoms with Gasteiger partial charge in [0.15, 0.2) is 0 Å². The average molecular weight is 606 g/mol. The lowest BCUT2D eigenvalue weighted by Crippen LogP contribution is -2.62. The summed E-state index contributed by atoms with van der Waals surface area (Å²) in [5.41, 5.74) is 6.23. The topological polar surface area (TPSA) is 138 Å². The standard InChI is InChI=1S/C31H39N7O4S/c1-36(2)43(41,42)25-9-7-24(8-10-25)34-28-27-26(11-16-33-29(27)39)38(35-28)31(12-15-32)13-17-37(18-14-31)30(40)23-19-21-5-3-4-6-22(21)20-23/h3-10,23,26-28,34-35H,11-14,16-20H2,1-2H3,(H,33,39). The van der Waals surface area contributed by atoms with Crippen molar-refractivity contribution in [2.24, 2.45) is 11.8 Å². The monoisotopic (exact) mass is 605 g/mol. The van der Waals surface area contributed by atoms with Crippen molar-refractivity contribution in [3.05, 3.63) is 59.7 Å². The Bertz CT molecular complexity index is 1500. The van der Waals surface area contributed by atoms with Crippen LogP contribution in [0.1, 0.15) is 36.8 Å². The van der Waals surface area contributed by atoms with E-state index in [9.17, 15) is 23.3 Å². The molecule has 2 amide bonds. The molecule has 3 atom stereocenters. The highest BCUT2D eigenvalue weighted by molar-refractivity contribution is 7.89. The highest BCUT2D eigenvalue weighted by Gasteiger charge is 2.55. The maximum atomic E-state index is 13.5. The number of sulfonamides is 1. The van der Waals surface area contributed by atoms with Crippen molar-refractivity contribution < 1.29 is 18.0 Å². The second-order valence-electron chi connectivity index (χ2n) is 12.4. The Balaban J connectivity index is 1.18. The van der Waals surface area contributed by atoms with Crippen LogP contribution < -0.4 is 16.1 Å². The molecule has 3 N–H and O–H groups in total. The van der Waals surface area contributed by atoms with E-state index < -0.39 is 27.6 Å². The molecule has 3 unspecified atom stereocenters. The van der Waals surface area contributed by atoms with Gasteiger partial charge in [0.1, 0.15) is 6.17 Å². The molecule has 4 aliphatic rings. The number of likely N-dealkylation sites (tertiary alicyclic amines) is 1. The highest BCUT2D eigenvalue weighted by Crippen LogP contribution is 2.41. The first-order valence-corrected chi connectivity index (χ1v) is 16.4. The Kier molecular flexibility index (Phi) is 7.93. The van der Waals surface area contributed by atoms with Crippen molar-refractivity contribution in [1.29, 1.82) is 5.26 Å². The molecule has 11 nitrogen and oxygen atoms in total. The number of nitrogens with one attached hydrogen (secondary N) is 3. The normalized spacial score (nSPS) is 25.6. The molecule has 0 saturated carbocycles. The summed E-state index contributed by atoms with van der Waals surface area (Å²) in [6.45, 7) is 1.68. The van der Waals surface area contributed by atoms with Crippen molar-refractivity contribution in [1.82, 2.24) is 25.0 Å². The molecule has 3 heterocycles. The summed E-state index contributed by atoms with van der Waals surface area (Å²) in [6, 6.07) is 17.0. The molecule has 3 aliphatic heterocycles. The summed E-state index contributed by atoms with van der Waals surface area (Å²) >= 11 is 0. The number of hydrazine groups is 1. The molecule has 43 heavy (non-hydrogen) atoms. The third kappa shape index (κ3) is 5.40. The van der Waals surface area contributed by atoms with Crippen LogP contribution in [0, 0.1) is 23.2 Å². The number of benzene rings is 2. The fraction of sp³-hybridized carbons (Fsp3) is 0.516. The van der Waals surface area contributed by atoms with E-state index in [1.54, 1.807) is 24.3 Å². The SMILES string of the molecule is CN(C)S(=O)(=O)c1ccc(NC2NN(C3(CC#N)CCN(C(=O)C4Cc5ccccc5C4)CC3)C3CCNC(=O)C23)cc1. The van der Waals surface area contributed by atoms with Gasteiger partial charge < -0.3 is 15.5 Å². The molecule has 0 aromatic heterocycles. The first kappa shape index (κ1) is 29.6. The van der Waals surface area contributed by atoms with Crippen LogP contribution in [0.5, 0.6) is 0 Å². The van der Waals surface area contributed by atoms with Gasteiger partial charge in [0, 0.05) is 51.4 Å². The first-order valence-electron chi connectivity index (χ1n) is 15.0. The second kappa shape index (κ2) is 11.5. The largest absolute Gasteiger partial charge is 0.368 e. The number of carbonyl (C=O) groups excluding carboxylic acids is 2. The first-order chi connectivity index (χ1) is 20.6. The molecule has 3 fully saturated rings. The zero-order chi connectivity index (χ0) is 30.4. The van der Waals surface area contributed by atoms with E-state index in [1.807, 2.05) is 17.0 Å². The average Bonchev–Trinajstić information content (AvgIpc) is 3.60. The van der Waals surface area contributed by atoms with Gasteiger partial charge in [0.05, 0.1) is 28.8 Å². The fourth-order valence-corrected chi connectivity index (χ4v) is 8.22. The van der Waals surface area contributed by atoms with E-state index in [0.29, 0.717) is 38.2 Å². The van der Waals surface area contributed by atoms with Gasteiger partial charge in [-0.2, -0.15) is 5.26 Å². The predicted molar refractivity (Wildman–Crippen MR) is 161 cm³/mol. The lowest BCUT2D eigenvalue weighted by molar-refractivity contribution is -0.139. The number of nitriles is 1. The maximum Gasteiger partial charge on any atom is 0.242 e. The lowest BCUT2D eigenvalue weighted by Gasteiger charge is -2.49. The molecular weight excluding hydrogens is 566 g/mol. The van der Waals surface area contributed by atoms with Crippen LogP contribution in [0.15, 0.2) is 53.4 Å². The van der Waals surface area contributed by atoms with Gasteiger partial charge in [-0.05, 0) is 67.5 Å². The van der Waals surface area contributed by atoms with Crippen molar-refractivity contribution >= 4 is 27.5 Å². The molecule has 1 aliphatic carbocycles. The molecule has 12 heteroatoms. The molecule has 3 saturated heterocycles. The summed E-state index contributed by atoms with van der Waals surface area (Å²) in [5.74, 6) is -0.322. The molecule has 0 spiro atoms. The number of amides is 2. The number of hydrogen-bond acceptors (Lipinski definition) is 8. The molecule has 6 rings (SSSR count). The molecule has 0 radical (unpaired) electrons. The quantitative estimate of drug-likeness (QED) is 0.434. The molecular formula is C31H39N7O4S. The predicted octanol–water partition coefficient (Wildman–Crippen LogP) is 1.69. The number of nitrogens with zero attached hydrogens (tertiary/aromatic N) is 4. The minimum atomic E-state index is -3.56. The smallest absolute Gasteiger partial charge is 0.242 e. The third-order valence-electron chi connectivity index (χ3n) is 9.71. The molecule has 0 bridgehead atoms. The van der Waals surface area contributed by atoms with Crippen molar-refractivity contribution in [3.63, 3.8) is 0 Å². The van der Waals surface area contributed by atoms with Crippen LogP contribution in [-0.2, 0) is 32.5 Å². The van der Waals surface area contributed by atoms with E-state index in [0.717, 1.165) is 19.3 Å². The van der Waals surface area contributed by atoms with Crippen LogP contribution >= 0.6 is 0 Å². The van der Waals surface area contributed by atoms with E-state index in [4.69, 9.17) is 0 Å². The van der Waals surface area contributed by atoms with E-state index in [1.165, 1.54) is 29.5 Å². The zero-order valence-electron chi connectivity index (χ0n) is 24.6. The summed E-state index contributed by atoms with van der Waals surface area (Å²) in [6.07, 6.45) is 3.38. The number of piperidine rings is 2. The number of anilines is 1. The van der Waals surface area contributed by atoms with Gasteiger partial charge in [0.25, 0.3) is 0 Å². The van der Waals surface area contributed by atoms with Crippen LogP contribution in [0.25, 0.3) is 0 Å². The Morgan fingerprint density at radius 2 is 1.74 bits per heavy atom. The van der Waals surface area contributed by atoms with Gasteiger partial charge in [-0.3, -0.25) is 9.59 Å². The van der Waals surface area contributed by atoms with Crippen LogP contribution in [0.4, 0.5) is 5.69 Å². The van der Waals surface area contributed by atoms with Gasteiger partial charge >= 0.3 is 0 Å². The Hall–Kier alpha value is -3.50. The Labute approximate surface area is 253 Å². The second-order valence-corrected chi connectivity index (χ2v) is 14.5. The summed E-state index contributed by atoms with van der Waals surface area (Å²) in [7, 11) is -0.574. The van der Waals surface area contributed by atoms with E-state index in [2.05, 4.69) is 39.3 Å². The molecule has 2 aromatic carbocycles. The van der Waals surface area contributed by atoms with Gasteiger partial charge in [-0.1, -0.05) is 24.3 Å². The molecule has 2 aromatic rings. The van der Waals surface area contributed by atoms with Crippen LogP contribution in [0.3, 0.4) is 0 Å². The molecule has 228 valence electrons. The third-order valence-corrected chi connectivity index (χ3v) is 11.5. The van der Waals surface area contributed by atoms with Gasteiger partial charge in [0.2, 0.25) is 21.8 Å². The number of fused-ring (bicyclic) bond motifs is 2.